The van der Waals surface area contributed by atoms with Gasteiger partial charge < -0.3 is 24.2 Å². The van der Waals surface area contributed by atoms with Crippen LogP contribution in [0.1, 0.15) is 213 Å². The van der Waals surface area contributed by atoms with Crippen LogP contribution < -0.4 is 0 Å². The summed E-state index contributed by atoms with van der Waals surface area (Å²) >= 11 is 0. The summed E-state index contributed by atoms with van der Waals surface area (Å²) in [5.41, 5.74) is 0. The van der Waals surface area contributed by atoms with E-state index in [0.717, 1.165) is 141 Å². The van der Waals surface area contributed by atoms with Gasteiger partial charge in [-0.2, -0.15) is 0 Å². The van der Waals surface area contributed by atoms with Gasteiger partial charge in [0.2, 0.25) is 0 Å². The second-order valence-electron chi connectivity index (χ2n) is 19.0. The molecule has 3 atom stereocenters. The van der Waals surface area contributed by atoms with E-state index in [9.17, 15) is 28.9 Å². The van der Waals surface area contributed by atoms with Crippen molar-refractivity contribution >= 4 is 25.7 Å². The molecule has 440 valence electrons. The molecule has 0 aromatic heterocycles. The highest BCUT2D eigenvalue weighted by molar-refractivity contribution is 7.47. The molecule has 0 heterocycles. The highest BCUT2D eigenvalue weighted by Crippen LogP contribution is 2.43. The zero-order valence-corrected chi connectivity index (χ0v) is 49.5. The van der Waals surface area contributed by atoms with Crippen LogP contribution in [-0.4, -0.2) is 66.5 Å². The van der Waals surface area contributed by atoms with Gasteiger partial charge >= 0.3 is 25.7 Å². The van der Waals surface area contributed by atoms with E-state index in [1.807, 2.05) is 6.08 Å². The molecule has 0 spiro atoms. The van der Waals surface area contributed by atoms with Crippen LogP contribution >= 0.6 is 7.82 Å². The van der Waals surface area contributed by atoms with Crippen LogP contribution in [-0.2, 0) is 42.2 Å². The van der Waals surface area contributed by atoms with Crippen molar-refractivity contribution in [1.82, 2.24) is 0 Å². The van der Waals surface area contributed by atoms with E-state index >= 15 is 0 Å². The van der Waals surface area contributed by atoms with Gasteiger partial charge in [0.25, 0.3) is 0 Å². The number of ether oxygens (including phenoxy) is 3. The summed E-state index contributed by atoms with van der Waals surface area (Å²) in [6.45, 7) is 4.19. The van der Waals surface area contributed by atoms with Crippen molar-refractivity contribution in [1.29, 1.82) is 0 Å². The number of carbonyl (C=O) groups excluding carboxylic acids is 3. The first kappa shape index (κ1) is 73.4. The maximum Gasteiger partial charge on any atom is 0.472 e. The van der Waals surface area contributed by atoms with E-state index in [1.54, 1.807) is 0 Å². The average molecular weight is 1110 g/mol. The van der Waals surface area contributed by atoms with Crippen molar-refractivity contribution in [2.75, 3.05) is 26.4 Å². The number of aliphatic hydroxyl groups excluding tert-OH is 1. The first-order valence-corrected chi connectivity index (χ1v) is 31.2. The minimum Gasteiger partial charge on any atom is -0.462 e. The molecule has 0 rings (SSSR count). The summed E-state index contributed by atoms with van der Waals surface area (Å²) in [4.78, 5) is 48.6. The maximum atomic E-state index is 12.9. The number of hydrogen-bond acceptors (Lipinski definition) is 10. The van der Waals surface area contributed by atoms with Gasteiger partial charge in [0.1, 0.15) is 12.7 Å². The zero-order valence-electron chi connectivity index (χ0n) is 48.6. The van der Waals surface area contributed by atoms with Crippen LogP contribution in [0.25, 0.3) is 0 Å². The highest BCUT2D eigenvalue weighted by Gasteiger charge is 2.28. The van der Waals surface area contributed by atoms with Crippen LogP contribution in [0.5, 0.6) is 0 Å². The van der Waals surface area contributed by atoms with Gasteiger partial charge in [-0.05, 0) is 128 Å². The largest absolute Gasteiger partial charge is 0.472 e. The third-order valence-corrected chi connectivity index (χ3v) is 12.7. The van der Waals surface area contributed by atoms with Crippen molar-refractivity contribution in [3.8, 4) is 0 Å². The summed E-state index contributed by atoms with van der Waals surface area (Å²) < 4.78 is 39.5. The number of carbonyl (C=O) groups is 3. The first-order valence-electron chi connectivity index (χ1n) is 29.7. The molecule has 0 saturated heterocycles. The topological polar surface area (TPSA) is 155 Å². The van der Waals surface area contributed by atoms with Gasteiger partial charge in [-0.15, -0.1) is 0 Å². The Hall–Kier alpha value is -4.64. The molecule has 0 amide bonds. The number of phosphoric ester groups is 1. The molecular formula is C66H105O11P. The lowest BCUT2D eigenvalue weighted by Gasteiger charge is -2.21. The van der Waals surface area contributed by atoms with Gasteiger partial charge in [0, 0.05) is 19.3 Å². The fourth-order valence-electron chi connectivity index (χ4n) is 7.34. The number of rotatable bonds is 53. The maximum absolute atomic E-state index is 12.9. The lowest BCUT2D eigenvalue weighted by molar-refractivity contribution is -0.161. The monoisotopic (exact) mass is 1100 g/mol. The molecule has 0 aromatic rings. The number of phosphoric acid groups is 1. The Morgan fingerprint density at radius 3 is 1.00 bits per heavy atom. The molecule has 0 aliphatic heterocycles. The molecule has 0 aromatic carbocycles. The summed E-state index contributed by atoms with van der Waals surface area (Å²) in [6.07, 6.45) is 75.2. The summed E-state index contributed by atoms with van der Waals surface area (Å²) in [5, 5.41) is 9.84. The Bertz CT molecular complexity index is 1860. The Labute approximate surface area is 473 Å². The van der Waals surface area contributed by atoms with Crippen LogP contribution in [0.15, 0.2) is 146 Å². The normalized spacial score (nSPS) is 14.4. The fraction of sp³-hybridized carbons (Fsp3) is 0.591. The highest BCUT2D eigenvalue weighted by atomic mass is 31.2. The van der Waals surface area contributed by atoms with Gasteiger partial charge in [0.05, 0.1) is 19.8 Å². The van der Waals surface area contributed by atoms with Crippen molar-refractivity contribution in [3.63, 3.8) is 0 Å². The second-order valence-corrected chi connectivity index (χ2v) is 20.5. The number of hydrogen-bond donors (Lipinski definition) is 2. The van der Waals surface area contributed by atoms with Crippen LogP contribution in [0, 0.1) is 0 Å². The molecular weight excluding hydrogens is 1000 g/mol. The summed E-state index contributed by atoms with van der Waals surface area (Å²) in [5.74, 6) is -1.59. The van der Waals surface area contributed by atoms with E-state index in [-0.39, 0.29) is 25.9 Å². The Balaban J connectivity index is 4.85. The zero-order chi connectivity index (χ0) is 56.9. The van der Waals surface area contributed by atoms with Crippen LogP contribution in [0.3, 0.4) is 0 Å². The van der Waals surface area contributed by atoms with Gasteiger partial charge in [-0.3, -0.25) is 23.4 Å². The predicted octanol–water partition coefficient (Wildman–Crippen LogP) is 17.9. The molecule has 0 radical (unpaired) electrons. The summed E-state index contributed by atoms with van der Waals surface area (Å²) in [7, 11) is -4.78. The smallest absolute Gasteiger partial charge is 0.462 e. The van der Waals surface area contributed by atoms with Crippen molar-refractivity contribution in [3.05, 3.63) is 146 Å². The Morgan fingerprint density at radius 2 is 0.641 bits per heavy atom. The average Bonchev–Trinajstić information content (AvgIpc) is 3.43. The standard InChI is InChI=1S/C66H105O11P/c1-4-7-10-13-16-19-22-25-28-31-34-37-40-43-46-49-52-55-64(68)73-59-63(77-66(70)57-54-51-48-45-42-39-36-33-30-27-24-21-18-15-12-9-6-3)61-75-78(71,72)74-60-62(58-67)76-65(69)56-53-50-47-44-41-38-35-32-29-26-23-20-17-14-11-8-5-2/h7-12,16-21,25-30,34,36-37,39,43,46,62-63,67H,4-6,13-15,22-24,31-33,35,38,40-42,44-45,47-61H2,1-3H3,(H,71,72)/b10-7-,11-8-,12-9-,19-16-,20-17-,21-18-,28-25-,29-26-,30-27-,37-34-,39-36-,46-43-. The molecule has 12 heteroatoms. The number of aliphatic hydroxyl groups is 1. The number of allylic oxidation sites excluding steroid dienone is 24. The molecule has 0 saturated carbocycles. The predicted molar refractivity (Wildman–Crippen MR) is 325 cm³/mol. The SMILES string of the molecule is CC/C=C\C/C=C\C/C=C\C/C=C\C/C=C\CCCC(=O)OCC(COP(=O)(O)OCC(CO)OC(=O)CCCCCCCCC/C=C\C/C=C\C/C=C\CC)OC(=O)CCCCCC/C=C\C/C=C\C/C=C\C/C=C\CC. The molecule has 2 N–H and O–H groups in total. The fourth-order valence-corrected chi connectivity index (χ4v) is 8.12. The molecule has 78 heavy (non-hydrogen) atoms. The number of esters is 3. The quantitative estimate of drug-likeness (QED) is 0.0197. The first-order chi connectivity index (χ1) is 38.2. The van der Waals surface area contributed by atoms with Crippen molar-refractivity contribution in [2.24, 2.45) is 0 Å². The minimum atomic E-state index is -4.78. The van der Waals surface area contributed by atoms with Gasteiger partial charge in [-0.1, -0.05) is 212 Å². The lowest BCUT2D eigenvalue weighted by Crippen LogP contribution is -2.30. The Kier molecular flexibility index (Phi) is 55.0. The molecule has 3 unspecified atom stereocenters. The molecule has 0 bridgehead atoms. The van der Waals surface area contributed by atoms with E-state index in [0.29, 0.717) is 25.7 Å². The molecule has 0 aliphatic rings. The van der Waals surface area contributed by atoms with E-state index in [2.05, 4.69) is 161 Å². The van der Waals surface area contributed by atoms with Crippen molar-refractivity contribution < 1.29 is 52.2 Å². The molecule has 0 fully saturated rings. The Morgan fingerprint density at radius 1 is 0.359 bits per heavy atom. The second kappa shape index (κ2) is 58.5. The van der Waals surface area contributed by atoms with E-state index in [4.69, 9.17) is 23.3 Å². The van der Waals surface area contributed by atoms with Gasteiger partial charge in [0.15, 0.2) is 6.10 Å². The lowest BCUT2D eigenvalue weighted by atomic mass is 10.1. The minimum absolute atomic E-state index is 0.118. The van der Waals surface area contributed by atoms with Crippen LogP contribution in [0.2, 0.25) is 0 Å². The third kappa shape index (κ3) is 56.1. The van der Waals surface area contributed by atoms with Crippen LogP contribution in [0.4, 0.5) is 0 Å². The third-order valence-electron chi connectivity index (χ3n) is 11.7. The van der Waals surface area contributed by atoms with Gasteiger partial charge in [-0.25, -0.2) is 4.57 Å². The molecule has 0 aliphatic carbocycles. The number of unbranched alkanes of at least 4 members (excludes halogenated alkanes) is 12. The van der Waals surface area contributed by atoms with Crippen molar-refractivity contribution in [2.45, 2.75) is 226 Å². The summed E-state index contributed by atoms with van der Waals surface area (Å²) in [6, 6.07) is 0. The molecule has 11 nitrogen and oxygen atoms in total. The van der Waals surface area contributed by atoms with E-state index in [1.165, 1.54) is 6.42 Å². The van der Waals surface area contributed by atoms with E-state index < -0.39 is 57.8 Å².